The maximum Gasteiger partial charge on any atom is 0.171 e. The van der Waals surface area contributed by atoms with Crippen molar-refractivity contribution < 1.29 is 4.74 Å². The van der Waals surface area contributed by atoms with Crippen LogP contribution in [0.5, 0.6) is 0 Å². The van der Waals surface area contributed by atoms with E-state index in [2.05, 4.69) is 21.8 Å². The minimum Gasteiger partial charge on any atom is -0.382 e. The highest BCUT2D eigenvalue weighted by atomic mass is 16.5. The van der Waals surface area contributed by atoms with Gasteiger partial charge in [-0.3, -0.25) is 0 Å². The van der Waals surface area contributed by atoms with E-state index in [0.29, 0.717) is 11.9 Å². The Morgan fingerprint density at radius 3 is 3.06 bits per heavy atom. The van der Waals surface area contributed by atoms with Crippen LogP contribution in [0.25, 0.3) is 0 Å². The lowest BCUT2D eigenvalue weighted by molar-refractivity contribution is 0.0439. The maximum absolute atomic E-state index is 5.92. The van der Waals surface area contributed by atoms with Crippen molar-refractivity contribution in [2.45, 2.75) is 39.2 Å². The van der Waals surface area contributed by atoms with Gasteiger partial charge in [0.05, 0.1) is 6.10 Å². The average molecular weight is 238 g/mol. The Hall–Kier alpha value is -1.23. The Bertz CT molecular complexity index is 363. The molecule has 1 aliphatic rings. The second-order valence-corrected chi connectivity index (χ2v) is 4.64. The highest BCUT2D eigenvalue weighted by molar-refractivity contribution is 5.59. The van der Waals surface area contributed by atoms with E-state index in [1.807, 2.05) is 6.92 Å². The van der Waals surface area contributed by atoms with E-state index in [0.717, 1.165) is 50.6 Å². The number of H-pyrrole nitrogens is 1. The van der Waals surface area contributed by atoms with Crippen LogP contribution in [0.15, 0.2) is 0 Å². The van der Waals surface area contributed by atoms with E-state index >= 15 is 0 Å². The fraction of sp³-hybridized carbons (Fsp3) is 0.750. The molecule has 1 unspecified atom stereocenters. The number of nitrogens with one attached hydrogen (secondary N) is 1. The molecule has 1 fully saturated rings. The molecule has 1 saturated heterocycles. The molecule has 0 bridgehead atoms. The highest BCUT2D eigenvalue weighted by Gasteiger charge is 2.23. The van der Waals surface area contributed by atoms with Crippen molar-refractivity contribution in [2.24, 2.45) is 0 Å². The van der Waals surface area contributed by atoms with Gasteiger partial charge in [-0.15, -0.1) is 0 Å². The summed E-state index contributed by atoms with van der Waals surface area (Å²) in [7, 11) is 0. The molecule has 0 saturated carbocycles. The molecular formula is C12H22N4O. The van der Waals surface area contributed by atoms with Crippen molar-refractivity contribution in [1.82, 2.24) is 9.97 Å². The van der Waals surface area contributed by atoms with Gasteiger partial charge >= 0.3 is 0 Å². The number of imidazole rings is 1. The third kappa shape index (κ3) is 2.91. The average Bonchev–Trinajstić information content (AvgIpc) is 2.66. The predicted octanol–water partition coefficient (Wildman–Crippen LogP) is 1.70. The molecule has 0 spiro atoms. The van der Waals surface area contributed by atoms with Gasteiger partial charge in [0.25, 0.3) is 0 Å². The Balaban J connectivity index is 1.99. The molecule has 5 nitrogen and oxygen atoms in total. The maximum atomic E-state index is 5.92. The number of nitrogens with two attached hydrogens (primary N) is 1. The summed E-state index contributed by atoms with van der Waals surface area (Å²) in [5, 5.41) is 0. The first-order valence-corrected chi connectivity index (χ1v) is 6.39. The smallest absolute Gasteiger partial charge is 0.171 e. The number of piperidine rings is 1. The number of nitrogen functional groups attached to an aromatic ring is 1. The van der Waals surface area contributed by atoms with Crippen LogP contribution in [0.3, 0.4) is 0 Å². The molecule has 2 rings (SSSR count). The number of hydrogen-bond donors (Lipinski definition) is 2. The molecule has 0 aromatic carbocycles. The number of nitrogens with zero attached hydrogens (tertiary/aromatic N) is 2. The normalized spacial score (nSPS) is 20.8. The first-order valence-electron chi connectivity index (χ1n) is 6.39. The molecule has 1 aromatic heterocycles. The minimum absolute atomic E-state index is 0.320. The van der Waals surface area contributed by atoms with Crippen LogP contribution in [0, 0.1) is 6.92 Å². The molecular weight excluding hydrogens is 216 g/mol. The number of anilines is 2. The third-order valence-electron chi connectivity index (χ3n) is 3.07. The van der Waals surface area contributed by atoms with E-state index in [9.17, 15) is 0 Å². The van der Waals surface area contributed by atoms with Crippen LogP contribution in [-0.4, -0.2) is 35.8 Å². The van der Waals surface area contributed by atoms with E-state index in [-0.39, 0.29) is 0 Å². The number of aromatic nitrogens is 2. The minimum atomic E-state index is 0.320. The Labute approximate surface area is 102 Å². The molecule has 0 amide bonds. The first kappa shape index (κ1) is 12.2. The van der Waals surface area contributed by atoms with Crippen molar-refractivity contribution in [1.29, 1.82) is 0 Å². The van der Waals surface area contributed by atoms with Crippen molar-refractivity contribution in [3.05, 3.63) is 5.82 Å². The van der Waals surface area contributed by atoms with Gasteiger partial charge in [0.2, 0.25) is 0 Å². The van der Waals surface area contributed by atoms with Crippen LogP contribution in [0.4, 0.5) is 11.6 Å². The fourth-order valence-electron chi connectivity index (χ4n) is 2.29. The Morgan fingerprint density at radius 2 is 2.41 bits per heavy atom. The van der Waals surface area contributed by atoms with E-state index in [1.54, 1.807) is 0 Å². The van der Waals surface area contributed by atoms with Crippen molar-refractivity contribution >= 4 is 11.6 Å². The molecule has 1 atom stereocenters. The number of hydrogen-bond acceptors (Lipinski definition) is 4. The molecule has 2 heterocycles. The number of aromatic amines is 1. The Morgan fingerprint density at radius 1 is 1.59 bits per heavy atom. The van der Waals surface area contributed by atoms with Crippen molar-refractivity contribution in [3.63, 3.8) is 0 Å². The van der Waals surface area contributed by atoms with Crippen LogP contribution in [-0.2, 0) is 4.74 Å². The molecule has 1 aromatic rings. The topological polar surface area (TPSA) is 67.2 Å². The van der Waals surface area contributed by atoms with Gasteiger partial charge in [-0.25, -0.2) is 4.98 Å². The summed E-state index contributed by atoms with van der Waals surface area (Å²) in [4.78, 5) is 9.71. The van der Waals surface area contributed by atoms with Gasteiger partial charge in [0, 0.05) is 19.7 Å². The van der Waals surface area contributed by atoms with Crippen LogP contribution >= 0.6 is 0 Å². The molecule has 5 heteroatoms. The van der Waals surface area contributed by atoms with Gasteiger partial charge in [-0.2, -0.15) is 0 Å². The third-order valence-corrected chi connectivity index (χ3v) is 3.07. The van der Waals surface area contributed by atoms with Crippen LogP contribution < -0.4 is 10.6 Å². The van der Waals surface area contributed by atoms with Gasteiger partial charge in [-0.05, 0) is 26.2 Å². The summed E-state index contributed by atoms with van der Waals surface area (Å²) in [6, 6.07) is 0. The highest BCUT2D eigenvalue weighted by Crippen LogP contribution is 2.24. The summed E-state index contributed by atoms with van der Waals surface area (Å²) < 4.78 is 5.81. The second-order valence-electron chi connectivity index (χ2n) is 4.64. The van der Waals surface area contributed by atoms with Crippen molar-refractivity contribution in [3.8, 4) is 0 Å². The quantitative estimate of drug-likeness (QED) is 0.837. The monoisotopic (exact) mass is 238 g/mol. The molecule has 96 valence electrons. The summed E-state index contributed by atoms with van der Waals surface area (Å²) in [5.41, 5.74) is 5.92. The lowest BCUT2D eigenvalue weighted by Crippen LogP contribution is -2.40. The lowest BCUT2D eigenvalue weighted by atomic mass is 10.1. The number of aryl methyl sites for hydroxylation is 1. The SMILES string of the molecule is CCCOC1CCCN(c2nc(C)[nH]c2N)C1. The standard InChI is InChI=1S/C12H22N4O/c1-3-7-17-10-5-4-6-16(8-10)12-11(13)14-9(2)15-12/h10H,3-8,13H2,1-2H3,(H,14,15). The van der Waals surface area contributed by atoms with E-state index in [4.69, 9.17) is 10.5 Å². The zero-order chi connectivity index (χ0) is 12.3. The van der Waals surface area contributed by atoms with Gasteiger partial charge < -0.3 is 20.4 Å². The zero-order valence-corrected chi connectivity index (χ0v) is 10.7. The van der Waals surface area contributed by atoms with Gasteiger partial charge in [0.1, 0.15) is 11.6 Å². The number of rotatable bonds is 4. The fourth-order valence-corrected chi connectivity index (χ4v) is 2.29. The second kappa shape index (κ2) is 5.40. The molecule has 0 aliphatic carbocycles. The summed E-state index contributed by atoms with van der Waals surface area (Å²) >= 11 is 0. The predicted molar refractivity (Wildman–Crippen MR) is 69.2 cm³/mol. The van der Waals surface area contributed by atoms with Gasteiger partial charge in [-0.1, -0.05) is 6.92 Å². The molecule has 17 heavy (non-hydrogen) atoms. The van der Waals surface area contributed by atoms with E-state index in [1.165, 1.54) is 0 Å². The lowest BCUT2D eigenvalue weighted by Gasteiger charge is -2.33. The summed E-state index contributed by atoms with van der Waals surface area (Å²) in [6.07, 6.45) is 3.67. The molecule has 0 radical (unpaired) electrons. The van der Waals surface area contributed by atoms with Crippen molar-refractivity contribution in [2.75, 3.05) is 30.3 Å². The largest absolute Gasteiger partial charge is 0.382 e. The Kier molecular flexibility index (Phi) is 3.89. The number of ether oxygens (including phenoxy) is 1. The zero-order valence-electron chi connectivity index (χ0n) is 10.7. The van der Waals surface area contributed by atoms with Crippen LogP contribution in [0.1, 0.15) is 32.0 Å². The summed E-state index contributed by atoms with van der Waals surface area (Å²) in [5.74, 6) is 2.42. The molecule has 1 aliphatic heterocycles. The van der Waals surface area contributed by atoms with Gasteiger partial charge in [0.15, 0.2) is 5.82 Å². The molecule has 3 N–H and O–H groups in total. The van der Waals surface area contributed by atoms with E-state index < -0.39 is 0 Å². The first-order chi connectivity index (χ1) is 8.20. The van der Waals surface area contributed by atoms with Crippen LogP contribution in [0.2, 0.25) is 0 Å². The summed E-state index contributed by atoms with van der Waals surface area (Å²) in [6.45, 7) is 6.81.